The van der Waals surface area contributed by atoms with E-state index in [1.807, 2.05) is 32.9 Å². The van der Waals surface area contributed by atoms with Crippen molar-refractivity contribution in [2.45, 2.75) is 20.8 Å². The van der Waals surface area contributed by atoms with E-state index in [0.717, 1.165) is 21.3 Å². The fourth-order valence-corrected chi connectivity index (χ4v) is 2.33. The Morgan fingerprint density at radius 1 is 1.41 bits per heavy atom. The van der Waals surface area contributed by atoms with Crippen molar-refractivity contribution in [3.63, 3.8) is 0 Å². The number of rotatable bonds is 5. The van der Waals surface area contributed by atoms with Crippen LogP contribution >= 0.6 is 15.9 Å². The highest BCUT2D eigenvalue weighted by molar-refractivity contribution is 9.10. The summed E-state index contributed by atoms with van der Waals surface area (Å²) in [6.07, 6.45) is 0. The van der Waals surface area contributed by atoms with Crippen molar-refractivity contribution >= 4 is 27.0 Å². The first-order valence-electron chi connectivity index (χ1n) is 5.37. The second-order valence-electron chi connectivity index (χ2n) is 4.28. The third-order valence-corrected chi connectivity index (χ3v) is 4.48. The van der Waals surface area contributed by atoms with Crippen molar-refractivity contribution in [2.75, 3.05) is 12.4 Å². The van der Waals surface area contributed by atoms with Crippen molar-refractivity contribution in [2.24, 2.45) is 5.92 Å². The first-order valence-corrected chi connectivity index (χ1v) is 7.44. The highest BCUT2D eigenvalue weighted by atomic mass is 79.9. The van der Waals surface area contributed by atoms with E-state index >= 15 is 0 Å². The summed E-state index contributed by atoms with van der Waals surface area (Å²) in [5, 5.41) is 0. The Labute approximate surface area is 113 Å². The molecule has 0 aliphatic heterocycles. The van der Waals surface area contributed by atoms with Crippen molar-refractivity contribution in [1.29, 1.82) is 0 Å². The lowest BCUT2D eigenvalue weighted by molar-refractivity contribution is 0.271. The van der Waals surface area contributed by atoms with Crippen molar-refractivity contribution in [3.05, 3.63) is 27.7 Å². The van der Waals surface area contributed by atoms with Crippen molar-refractivity contribution < 1.29 is 13.5 Å². The molecule has 0 aliphatic rings. The van der Waals surface area contributed by atoms with E-state index in [-0.39, 0.29) is 11.7 Å². The molecule has 2 atom stereocenters. The van der Waals surface area contributed by atoms with E-state index in [1.54, 1.807) is 0 Å². The number of hydrogen-bond donors (Lipinski definition) is 1. The second-order valence-corrected chi connectivity index (χ2v) is 6.04. The quantitative estimate of drug-likeness (QED) is 0.847. The lowest BCUT2D eigenvalue weighted by atomic mass is 10.1. The third-order valence-electron chi connectivity index (χ3n) is 2.37. The van der Waals surface area contributed by atoms with Gasteiger partial charge in [-0.3, -0.25) is 0 Å². The number of benzene rings is 1. The van der Waals surface area contributed by atoms with Gasteiger partial charge in [-0.25, -0.2) is 4.21 Å². The van der Waals surface area contributed by atoms with Gasteiger partial charge in [0.25, 0.3) is 0 Å². The maximum Gasteiger partial charge on any atom is 0.153 e. The van der Waals surface area contributed by atoms with Crippen molar-refractivity contribution in [3.8, 4) is 5.75 Å². The molecule has 0 heterocycles. The number of halogens is 1. The number of ether oxygens (including phenoxy) is 1. The second kappa shape index (κ2) is 6.52. The monoisotopic (exact) mass is 320 g/mol. The van der Waals surface area contributed by atoms with E-state index in [1.165, 1.54) is 0 Å². The molecule has 2 unspecified atom stereocenters. The Kier molecular flexibility index (Phi) is 5.62. The molecule has 0 fully saturated rings. The van der Waals surface area contributed by atoms with Gasteiger partial charge in [-0.1, -0.05) is 22.9 Å². The molecule has 0 amide bonds. The van der Waals surface area contributed by atoms with Gasteiger partial charge in [0.05, 0.1) is 12.4 Å². The van der Waals surface area contributed by atoms with Gasteiger partial charge in [0.15, 0.2) is 11.1 Å². The maximum absolute atomic E-state index is 10.6. The lowest BCUT2D eigenvalue weighted by Gasteiger charge is -2.13. The molecule has 1 N–H and O–H groups in total. The zero-order chi connectivity index (χ0) is 13.0. The van der Waals surface area contributed by atoms with Gasteiger partial charge in [0, 0.05) is 10.4 Å². The molecule has 0 bridgehead atoms. The molecular weight excluding hydrogens is 304 g/mol. The predicted octanol–water partition coefficient (Wildman–Crippen LogP) is 3.30. The lowest BCUT2D eigenvalue weighted by Crippen LogP contribution is -2.15. The van der Waals surface area contributed by atoms with Gasteiger partial charge in [0.1, 0.15) is 5.75 Å². The van der Waals surface area contributed by atoms with E-state index in [4.69, 9.17) is 9.29 Å². The van der Waals surface area contributed by atoms with Gasteiger partial charge in [0.2, 0.25) is 0 Å². The predicted molar refractivity (Wildman–Crippen MR) is 73.9 cm³/mol. The molecule has 0 aliphatic carbocycles. The Hall–Kier alpha value is -0.390. The molecule has 0 saturated carbocycles. The minimum Gasteiger partial charge on any atom is -0.493 e. The smallest absolute Gasteiger partial charge is 0.153 e. The topological polar surface area (TPSA) is 46.5 Å². The minimum absolute atomic E-state index is 0.0603. The van der Waals surface area contributed by atoms with Crippen LogP contribution in [0.25, 0.3) is 0 Å². The molecular formula is C12H17BrO3S. The maximum atomic E-state index is 10.6. The largest absolute Gasteiger partial charge is 0.493 e. The Bertz CT molecular complexity index is 397. The first-order chi connectivity index (χ1) is 7.90. The minimum atomic E-state index is -1.75. The summed E-state index contributed by atoms with van der Waals surface area (Å²) in [4.78, 5) is 0. The summed E-state index contributed by atoms with van der Waals surface area (Å²) in [6.45, 7) is 6.37. The third kappa shape index (κ3) is 4.77. The number of hydrogen-bond acceptors (Lipinski definition) is 2. The van der Waals surface area contributed by atoms with E-state index in [2.05, 4.69) is 15.9 Å². The van der Waals surface area contributed by atoms with Crippen LogP contribution in [-0.2, 0) is 11.1 Å². The van der Waals surface area contributed by atoms with E-state index < -0.39 is 11.1 Å². The average Bonchev–Trinajstić information content (AvgIpc) is 2.22. The molecule has 1 aromatic rings. The van der Waals surface area contributed by atoms with Crippen LogP contribution in [0.3, 0.4) is 0 Å². The average molecular weight is 321 g/mol. The van der Waals surface area contributed by atoms with Gasteiger partial charge >= 0.3 is 0 Å². The van der Waals surface area contributed by atoms with E-state index in [0.29, 0.717) is 6.61 Å². The zero-order valence-electron chi connectivity index (χ0n) is 10.2. The summed E-state index contributed by atoms with van der Waals surface area (Å²) in [6, 6.07) is 3.92. The fourth-order valence-electron chi connectivity index (χ4n) is 1.52. The van der Waals surface area contributed by atoms with Gasteiger partial charge in [-0.05, 0) is 37.1 Å². The van der Waals surface area contributed by atoms with Crippen LogP contribution in [0.2, 0.25) is 0 Å². The summed E-state index contributed by atoms with van der Waals surface area (Å²) >= 11 is 1.74. The summed E-state index contributed by atoms with van der Waals surface area (Å²) in [5.74, 6) is 1.11. The first kappa shape index (κ1) is 14.7. The van der Waals surface area contributed by atoms with Crippen LogP contribution in [-0.4, -0.2) is 21.1 Å². The Morgan fingerprint density at radius 3 is 2.41 bits per heavy atom. The molecule has 0 radical (unpaired) electrons. The van der Waals surface area contributed by atoms with Crippen LogP contribution in [0, 0.1) is 19.8 Å². The standard InChI is InChI=1S/C12H17BrO3S/c1-8(7-17(14)15)6-16-11-4-9(2)12(13)10(3)5-11/h4-5,8H,6-7H2,1-3H3,(H,14,15). The molecule has 96 valence electrons. The molecule has 3 nitrogen and oxygen atoms in total. The van der Waals surface area contributed by atoms with Crippen LogP contribution in [0.15, 0.2) is 16.6 Å². The van der Waals surface area contributed by atoms with Crippen LogP contribution in [0.1, 0.15) is 18.1 Å². The van der Waals surface area contributed by atoms with Crippen LogP contribution in [0.5, 0.6) is 5.75 Å². The molecule has 17 heavy (non-hydrogen) atoms. The van der Waals surface area contributed by atoms with E-state index in [9.17, 15) is 4.21 Å². The highest BCUT2D eigenvalue weighted by Gasteiger charge is 2.08. The molecule has 0 aromatic heterocycles. The summed E-state index contributed by atoms with van der Waals surface area (Å²) in [5.41, 5.74) is 2.25. The summed E-state index contributed by atoms with van der Waals surface area (Å²) < 4.78 is 26.1. The fraction of sp³-hybridized carbons (Fsp3) is 0.500. The van der Waals surface area contributed by atoms with Gasteiger partial charge in [-0.2, -0.15) is 0 Å². The number of aryl methyl sites for hydroxylation is 2. The summed E-state index contributed by atoms with van der Waals surface area (Å²) in [7, 11) is 0. The molecule has 0 spiro atoms. The van der Waals surface area contributed by atoms with Gasteiger partial charge in [-0.15, -0.1) is 0 Å². The Morgan fingerprint density at radius 2 is 1.94 bits per heavy atom. The van der Waals surface area contributed by atoms with Crippen LogP contribution in [0.4, 0.5) is 0 Å². The van der Waals surface area contributed by atoms with Crippen LogP contribution < -0.4 is 4.74 Å². The normalized spacial score (nSPS) is 14.4. The molecule has 5 heteroatoms. The zero-order valence-corrected chi connectivity index (χ0v) is 12.6. The molecule has 1 aromatic carbocycles. The molecule has 1 rings (SSSR count). The highest BCUT2D eigenvalue weighted by Crippen LogP contribution is 2.26. The van der Waals surface area contributed by atoms with Crippen molar-refractivity contribution in [1.82, 2.24) is 0 Å². The Balaban J connectivity index is 2.61. The molecule has 0 saturated heterocycles. The SMILES string of the molecule is Cc1cc(OCC(C)CS(=O)O)cc(C)c1Br. The van der Waals surface area contributed by atoms with Gasteiger partial charge < -0.3 is 9.29 Å².